The van der Waals surface area contributed by atoms with Crippen LogP contribution in [0.2, 0.25) is 0 Å². The van der Waals surface area contributed by atoms with Crippen molar-refractivity contribution in [3.05, 3.63) is 288 Å². The van der Waals surface area contributed by atoms with E-state index in [1.54, 1.807) is 49.6 Å². The topological polar surface area (TPSA) is 284 Å². The molecule has 24 nitrogen and oxygen atoms in total. The van der Waals surface area contributed by atoms with Crippen LogP contribution in [0.3, 0.4) is 0 Å². The summed E-state index contributed by atoms with van der Waals surface area (Å²) in [6.45, 7) is 17.3. The second-order valence-electron chi connectivity index (χ2n) is 33.2. The van der Waals surface area contributed by atoms with E-state index in [-0.39, 0.29) is 72.0 Å². The molecule has 119 heavy (non-hydrogen) atoms. The highest BCUT2D eigenvalue weighted by Gasteiger charge is 2.52. The summed E-state index contributed by atoms with van der Waals surface area (Å²) >= 11 is 0. The van der Waals surface area contributed by atoms with E-state index in [1.807, 2.05) is 220 Å². The van der Waals surface area contributed by atoms with Crippen LogP contribution in [0.5, 0.6) is 0 Å². The molecule has 8 fully saturated rings. The van der Waals surface area contributed by atoms with Gasteiger partial charge in [0.25, 0.3) is 23.6 Å². The minimum Gasteiger partial charge on any atom is -0.365 e. The van der Waals surface area contributed by atoms with E-state index in [2.05, 4.69) is 105 Å². The van der Waals surface area contributed by atoms with Gasteiger partial charge in [0, 0.05) is 141 Å². The fourth-order valence-corrected chi connectivity index (χ4v) is 19.0. The molecule has 602 valence electrons. The first-order valence-corrected chi connectivity index (χ1v) is 41.5. The zero-order chi connectivity index (χ0) is 81.8. The lowest BCUT2D eigenvalue weighted by Crippen LogP contribution is -2.48. The van der Waals surface area contributed by atoms with Gasteiger partial charge in [-0.2, -0.15) is 0 Å². The Morgan fingerprint density at radius 2 is 0.672 bits per heavy atom. The van der Waals surface area contributed by atoms with E-state index in [9.17, 15) is 19.2 Å². The maximum absolute atomic E-state index is 13.7. The Hall–Kier alpha value is -13.1. The van der Waals surface area contributed by atoms with Gasteiger partial charge < -0.3 is 40.9 Å². The van der Waals surface area contributed by atoms with Crippen molar-refractivity contribution in [1.29, 1.82) is 0 Å². The molecule has 8 bridgehead atoms. The van der Waals surface area contributed by atoms with Crippen LogP contribution >= 0.6 is 0 Å². The summed E-state index contributed by atoms with van der Waals surface area (Å²) in [6, 6.07) is 50.2. The molecule has 12 atom stereocenters. The zero-order valence-corrected chi connectivity index (χ0v) is 68.1. The summed E-state index contributed by atoms with van der Waals surface area (Å²) < 4.78 is 0. The molecule has 4 amide bonds. The van der Waals surface area contributed by atoms with E-state index in [0.29, 0.717) is 52.0 Å². The number of carbonyl (C=O) groups excluding carboxylic acids is 4. The quantitative estimate of drug-likeness (QED) is 0.0699. The number of anilines is 4. The molecule has 12 aromatic rings. The molecule has 4 aliphatic carbocycles. The molecular weight excluding hydrogens is 1490 g/mol. The van der Waals surface area contributed by atoms with Gasteiger partial charge in [-0.05, 0) is 266 Å². The number of aromatic nitrogens is 12. The Bertz CT molecular complexity index is 5450. The second kappa shape index (κ2) is 34.6. The molecule has 24 heteroatoms. The summed E-state index contributed by atoms with van der Waals surface area (Å²) in [7, 11) is 0. The molecule has 4 saturated heterocycles. The third kappa shape index (κ3) is 17.1. The van der Waals surface area contributed by atoms with Gasteiger partial charge in [0.05, 0.1) is 52.5 Å². The number of nitrogens with one attached hydrogen (secondary N) is 4. The third-order valence-electron chi connectivity index (χ3n) is 24.6. The lowest BCUT2D eigenvalue weighted by atomic mass is 10.0. The van der Waals surface area contributed by atoms with Gasteiger partial charge in [-0.15, -0.1) is 0 Å². The molecule has 12 aromatic heterocycles. The smallest absolute Gasteiger partial charge is 0.273 e. The van der Waals surface area contributed by atoms with Crippen LogP contribution in [0.25, 0.3) is 45.2 Å². The van der Waals surface area contributed by atoms with Crippen LogP contribution in [-0.2, 0) is 0 Å². The fourth-order valence-electron chi connectivity index (χ4n) is 19.0. The molecule has 4 N–H and O–H groups in total. The number of hydrogen-bond donors (Lipinski definition) is 4. The van der Waals surface area contributed by atoms with Gasteiger partial charge in [-0.3, -0.25) is 59.0 Å². The predicted octanol–water partition coefficient (Wildman–Crippen LogP) is 15.2. The Balaban J connectivity index is 0.000000113. The highest BCUT2D eigenvalue weighted by molar-refractivity contribution is 6.02. The van der Waals surface area contributed by atoms with E-state index in [0.717, 1.165) is 179 Å². The maximum atomic E-state index is 13.7. The highest BCUT2D eigenvalue weighted by atomic mass is 16.2. The largest absolute Gasteiger partial charge is 0.365 e. The van der Waals surface area contributed by atoms with Crippen molar-refractivity contribution >= 4 is 46.9 Å². The predicted molar refractivity (Wildman–Crippen MR) is 460 cm³/mol. The first-order valence-electron chi connectivity index (χ1n) is 41.5. The Kier molecular flexibility index (Phi) is 22.8. The van der Waals surface area contributed by atoms with Crippen LogP contribution in [0, 0.1) is 72.1 Å². The van der Waals surface area contributed by atoms with Crippen LogP contribution in [0.4, 0.5) is 23.3 Å². The van der Waals surface area contributed by atoms with Crippen LogP contribution in [0.1, 0.15) is 132 Å². The van der Waals surface area contributed by atoms with Crippen LogP contribution < -0.4 is 21.3 Å². The average molecular weight is 1580 g/mol. The third-order valence-corrected chi connectivity index (χ3v) is 24.6. The van der Waals surface area contributed by atoms with E-state index in [4.69, 9.17) is 0 Å². The normalized spacial score (nSPS) is 22.4. The summed E-state index contributed by atoms with van der Waals surface area (Å²) in [5.74, 6) is 5.58. The van der Waals surface area contributed by atoms with E-state index in [1.165, 1.54) is 0 Å². The monoisotopic (exact) mass is 1580 g/mol. The van der Waals surface area contributed by atoms with Gasteiger partial charge in [-0.1, -0.05) is 48.5 Å². The molecule has 12 unspecified atom stereocenters. The minimum atomic E-state index is -0.0119. The number of rotatable bonds is 16. The summed E-state index contributed by atoms with van der Waals surface area (Å²) in [5, 5.41) is 14.2. The van der Waals surface area contributed by atoms with Gasteiger partial charge >= 0.3 is 0 Å². The number of likely N-dealkylation sites (tertiary alicyclic amines) is 4. The van der Waals surface area contributed by atoms with Crippen molar-refractivity contribution in [2.45, 2.75) is 148 Å². The number of aryl methyl sites for hydroxylation is 7. The SMILES string of the molecule is Cc1ccc(NC2CC3CC2N(C(=O)c2cccnc2-c2ccccn2)C3)nc1.Cc1ccc(NC2CC3CC2N(C(=O)c2ncc(C)cc2-c2ncccc2C)C3)nc1.Cc1ccc(NC2CC3CC2N(C(=O)c2nccc(C)c2-c2ccccn2)C3)nc1.Cc1ccc(NC2CC3CC2N(C(=O)c2ncccc2-c2ccccn2)C3)nc1. The van der Waals surface area contributed by atoms with Gasteiger partial charge in [0.1, 0.15) is 46.0 Å². The number of carbonyl (C=O) groups is 4. The number of nitrogens with zero attached hydrogens (tertiary/aromatic N) is 16. The van der Waals surface area contributed by atoms with Gasteiger partial charge in [-0.25, -0.2) is 19.9 Å². The first-order chi connectivity index (χ1) is 58.0. The first kappa shape index (κ1) is 78.4. The fraction of sp³-hybridized carbons (Fsp3) is 0.326. The van der Waals surface area contributed by atoms with Crippen molar-refractivity contribution in [1.82, 2.24) is 79.4 Å². The van der Waals surface area contributed by atoms with Crippen molar-refractivity contribution < 1.29 is 19.2 Å². The molecule has 4 saturated carbocycles. The Morgan fingerprint density at radius 1 is 0.294 bits per heavy atom. The molecule has 4 aliphatic heterocycles. The van der Waals surface area contributed by atoms with Crippen molar-refractivity contribution in [2.24, 2.45) is 23.7 Å². The molecular formula is C95H98N20O4. The molecule has 8 aliphatic rings. The Morgan fingerprint density at radius 3 is 1.10 bits per heavy atom. The number of hydrogen-bond acceptors (Lipinski definition) is 20. The van der Waals surface area contributed by atoms with Crippen molar-refractivity contribution in [3.63, 3.8) is 0 Å². The molecule has 16 heterocycles. The highest BCUT2D eigenvalue weighted by Crippen LogP contribution is 2.45. The molecule has 0 spiro atoms. The maximum Gasteiger partial charge on any atom is 0.273 e. The molecule has 20 rings (SSSR count). The van der Waals surface area contributed by atoms with Crippen molar-refractivity contribution in [3.8, 4) is 45.2 Å². The standard InChI is InChI=1S/C25H27N5O.C24H25N5O.2C23H23N5O/c1-15-6-7-22(27-12-15)29-20-10-18-11-21(20)30(14-18)25(31)24-19(9-16(2)13-28-24)23-17(3)5-4-8-26-23;1-15-6-7-21(27-13-15)28-19-11-17-12-20(19)29(14-17)24(30)23-22(16(2)8-10-26-23)18-5-3-4-9-25-18;1-15-7-8-21(26-13-15)27-19-11-16-12-20(19)28(14-16)23(29)17-5-4-10-25-22(17)18-6-2-3-9-24-18;1-15-7-8-21(26-13-15)27-19-11-16-12-20(19)28(14-16)23(29)22-17(5-4-10-25-22)18-6-2-3-9-24-18/h4-9,12-13,18,20-21H,10-11,14H2,1-3H3,(H,27,29);3-10,13,17,19-20H,11-12,14H2,1-2H3,(H,27,28);2*2-10,13,16,19-20H,11-12,14H2,1H3,(H,26,27). The molecule has 0 radical (unpaired) electrons. The minimum absolute atomic E-state index is 0.00378. The van der Waals surface area contributed by atoms with Crippen LogP contribution in [-0.4, -0.2) is 178 Å². The average Bonchev–Trinajstić information content (AvgIpc) is 1.65. The van der Waals surface area contributed by atoms with Crippen LogP contribution in [0.15, 0.2) is 226 Å². The Labute approximate surface area is 693 Å². The number of fused-ring (bicyclic) bond motifs is 8. The number of piperidine rings is 4. The lowest BCUT2D eigenvalue weighted by molar-refractivity contribution is 0.0680. The number of amides is 4. The number of pyridine rings is 12. The zero-order valence-electron chi connectivity index (χ0n) is 68.1. The molecule has 0 aromatic carbocycles. The second-order valence-corrected chi connectivity index (χ2v) is 33.2. The van der Waals surface area contributed by atoms with Crippen molar-refractivity contribution in [2.75, 3.05) is 47.4 Å². The van der Waals surface area contributed by atoms with Gasteiger partial charge in [0.15, 0.2) is 0 Å². The summed E-state index contributed by atoms with van der Waals surface area (Å²) in [6.07, 6.45) is 29.7. The summed E-state index contributed by atoms with van der Waals surface area (Å²) in [4.78, 5) is 116. The van der Waals surface area contributed by atoms with E-state index >= 15 is 0 Å². The van der Waals surface area contributed by atoms with Gasteiger partial charge in [0.2, 0.25) is 0 Å². The lowest BCUT2D eigenvalue weighted by Gasteiger charge is -2.34. The summed E-state index contributed by atoms with van der Waals surface area (Å²) in [5.41, 5.74) is 15.9. The van der Waals surface area contributed by atoms with E-state index < -0.39 is 0 Å².